The number of morpholine rings is 1. The second-order valence-corrected chi connectivity index (χ2v) is 9.21. The second kappa shape index (κ2) is 11.9. The number of benzene rings is 2. The molecule has 0 aromatic heterocycles. The highest BCUT2D eigenvalue weighted by Crippen LogP contribution is 2.32. The van der Waals surface area contributed by atoms with Gasteiger partial charge in [0.05, 0.1) is 18.1 Å². The minimum atomic E-state index is -0.516. The lowest BCUT2D eigenvalue weighted by atomic mass is 10.1. The Hall–Kier alpha value is -3.63. The first kappa shape index (κ1) is 25.5. The van der Waals surface area contributed by atoms with Crippen molar-refractivity contribution < 1.29 is 28.7 Å². The summed E-state index contributed by atoms with van der Waals surface area (Å²) < 4.78 is 10.8. The number of nitrogens with zero attached hydrogens (tertiary/aromatic N) is 2. The molecule has 2 heterocycles. The average Bonchev–Trinajstić information content (AvgIpc) is 3.16. The van der Waals surface area contributed by atoms with E-state index in [9.17, 15) is 19.2 Å². The van der Waals surface area contributed by atoms with Crippen LogP contribution in [-0.2, 0) is 25.5 Å². The maximum Gasteiger partial charge on any atom is 0.294 e. The van der Waals surface area contributed by atoms with Gasteiger partial charge in [-0.1, -0.05) is 31.2 Å². The monoisotopic (exact) mass is 509 g/mol. The third kappa shape index (κ3) is 6.52. The molecule has 188 valence electrons. The van der Waals surface area contributed by atoms with Crippen molar-refractivity contribution in [2.45, 2.75) is 13.3 Å². The summed E-state index contributed by atoms with van der Waals surface area (Å²) in [6.07, 6.45) is 2.48. The van der Waals surface area contributed by atoms with Crippen LogP contribution in [0, 0.1) is 0 Å². The Morgan fingerprint density at radius 3 is 2.42 bits per heavy atom. The van der Waals surface area contributed by atoms with Crippen molar-refractivity contribution in [3.05, 3.63) is 64.6 Å². The van der Waals surface area contributed by atoms with Gasteiger partial charge < -0.3 is 19.7 Å². The topological polar surface area (TPSA) is 105 Å². The van der Waals surface area contributed by atoms with Crippen LogP contribution >= 0.6 is 11.8 Å². The molecule has 2 saturated heterocycles. The number of ether oxygens (including phenoxy) is 2. The fourth-order valence-electron chi connectivity index (χ4n) is 3.66. The molecule has 0 radical (unpaired) electrons. The Balaban J connectivity index is 1.30. The number of carbonyl (C=O) groups is 4. The van der Waals surface area contributed by atoms with E-state index in [0.717, 1.165) is 28.6 Å². The number of nitrogens with one attached hydrogen (secondary N) is 1. The maximum atomic E-state index is 12.7. The molecule has 0 spiro atoms. The molecule has 0 atom stereocenters. The van der Waals surface area contributed by atoms with E-state index < -0.39 is 17.1 Å². The summed E-state index contributed by atoms with van der Waals surface area (Å²) in [6.45, 7) is 3.80. The van der Waals surface area contributed by atoms with Gasteiger partial charge in [-0.05, 0) is 59.7 Å². The molecule has 2 aromatic carbocycles. The van der Waals surface area contributed by atoms with Crippen molar-refractivity contribution in [2.24, 2.45) is 0 Å². The van der Waals surface area contributed by atoms with Crippen molar-refractivity contribution in [2.75, 3.05) is 44.8 Å². The minimum Gasteiger partial charge on any atom is -0.484 e. The quantitative estimate of drug-likeness (QED) is 0.545. The number of anilines is 1. The van der Waals surface area contributed by atoms with Crippen LogP contribution in [-0.4, -0.2) is 72.2 Å². The molecule has 36 heavy (non-hydrogen) atoms. The van der Waals surface area contributed by atoms with Crippen molar-refractivity contribution in [3.63, 3.8) is 0 Å². The number of rotatable bonds is 8. The molecular weight excluding hydrogens is 482 g/mol. The Kier molecular flexibility index (Phi) is 8.40. The highest BCUT2D eigenvalue weighted by atomic mass is 32.2. The lowest BCUT2D eigenvalue weighted by molar-refractivity contribution is -0.137. The number of amides is 4. The summed E-state index contributed by atoms with van der Waals surface area (Å²) in [5.41, 5.74) is 2.44. The summed E-state index contributed by atoms with van der Waals surface area (Å²) in [6, 6.07) is 14.3. The Morgan fingerprint density at radius 2 is 1.75 bits per heavy atom. The molecule has 4 rings (SSSR count). The molecular formula is C26H27N3O6S. The van der Waals surface area contributed by atoms with Gasteiger partial charge in [-0.15, -0.1) is 0 Å². The van der Waals surface area contributed by atoms with Crippen molar-refractivity contribution in [1.82, 2.24) is 9.80 Å². The zero-order valence-corrected chi connectivity index (χ0v) is 20.7. The fourth-order valence-corrected chi connectivity index (χ4v) is 4.50. The van der Waals surface area contributed by atoms with E-state index in [1.165, 1.54) is 0 Å². The van der Waals surface area contributed by atoms with E-state index in [2.05, 4.69) is 5.32 Å². The largest absolute Gasteiger partial charge is 0.484 e. The summed E-state index contributed by atoms with van der Waals surface area (Å²) in [7, 11) is 0. The van der Waals surface area contributed by atoms with E-state index >= 15 is 0 Å². The minimum absolute atomic E-state index is 0.0664. The SMILES string of the molecule is CCc1ccc(NC(=O)CN2C(=O)S/C(=C/c3ccc(OCC(=O)N4CCOCC4)cc3)C2=O)cc1. The van der Waals surface area contributed by atoms with Gasteiger partial charge in [-0.3, -0.25) is 24.1 Å². The van der Waals surface area contributed by atoms with Gasteiger partial charge in [0.25, 0.3) is 17.1 Å². The summed E-state index contributed by atoms with van der Waals surface area (Å²) in [5, 5.41) is 2.22. The predicted molar refractivity (Wildman–Crippen MR) is 136 cm³/mol. The zero-order chi connectivity index (χ0) is 25.5. The standard InChI is InChI=1S/C26H27N3O6S/c1-2-18-3-7-20(8-4-18)27-23(30)16-29-25(32)22(36-26(29)33)15-19-5-9-21(10-6-19)35-17-24(31)28-11-13-34-14-12-28/h3-10,15H,2,11-14,16-17H2,1H3,(H,27,30)/b22-15+. The van der Waals surface area contributed by atoms with Crippen LogP contribution in [0.4, 0.5) is 10.5 Å². The third-order valence-electron chi connectivity index (χ3n) is 5.73. The van der Waals surface area contributed by atoms with Gasteiger partial charge in [0, 0.05) is 18.8 Å². The summed E-state index contributed by atoms with van der Waals surface area (Å²) in [4.78, 5) is 52.6. The van der Waals surface area contributed by atoms with Crippen molar-refractivity contribution >= 4 is 46.5 Å². The van der Waals surface area contributed by atoms with Gasteiger partial charge in [-0.2, -0.15) is 0 Å². The van der Waals surface area contributed by atoms with Crippen LogP contribution in [0.3, 0.4) is 0 Å². The molecule has 2 aromatic rings. The van der Waals surface area contributed by atoms with E-state index in [1.807, 2.05) is 19.1 Å². The second-order valence-electron chi connectivity index (χ2n) is 8.22. The maximum absolute atomic E-state index is 12.7. The van der Waals surface area contributed by atoms with Gasteiger partial charge >= 0.3 is 0 Å². The number of carbonyl (C=O) groups excluding carboxylic acids is 4. The molecule has 0 saturated carbocycles. The van der Waals surface area contributed by atoms with Crippen LogP contribution in [0.15, 0.2) is 53.4 Å². The van der Waals surface area contributed by atoms with Gasteiger partial charge in [-0.25, -0.2) is 0 Å². The average molecular weight is 510 g/mol. The summed E-state index contributed by atoms with van der Waals surface area (Å²) in [5.74, 6) is -0.544. The van der Waals surface area contributed by atoms with Crippen LogP contribution in [0.25, 0.3) is 6.08 Å². The highest BCUT2D eigenvalue weighted by Gasteiger charge is 2.36. The van der Waals surface area contributed by atoms with Gasteiger partial charge in [0.15, 0.2) is 6.61 Å². The normalized spacial score (nSPS) is 17.0. The highest BCUT2D eigenvalue weighted by molar-refractivity contribution is 8.18. The molecule has 0 bridgehead atoms. The first-order valence-corrected chi connectivity index (χ1v) is 12.5. The smallest absolute Gasteiger partial charge is 0.294 e. The van der Waals surface area contributed by atoms with E-state index in [-0.39, 0.29) is 24.0 Å². The van der Waals surface area contributed by atoms with E-state index in [4.69, 9.17) is 9.47 Å². The Labute approximate surface area is 213 Å². The van der Waals surface area contributed by atoms with Crippen LogP contribution in [0.1, 0.15) is 18.1 Å². The first-order chi connectivity index (χ1) is 17.4. The Bertz CT molecular complexity index is 1160. The lowest BCUT2D eigenvalue weighted by Crippen LogP contribution is -2.42. The molecule has 9 nitrogen and oxygen atoms in total. The molecule has 1 N–H and O–H groups in total. The third-order valence-corrected chi connectivity index (χ3v) is 6.63. The molecule has 2 fully saturated rings. The Morgan fingerprint density at radius 1 is 1.06 bits per heavy atom. The first-order valence-electron chi connectivity index (χ1n) is 11.7. The van der Waals surface area contributed by atoms with Crippen LogP contribution in [0.5, 0.6) is 5.75 Å². The van der Waals surface area contributed by atoms with E-state index in [0.29, 0.717) is 43.3 Å². The molecule has 0 aliphatic carbocycles. The molecule has 2 aliphatic heterocycles. The molecule has 10 heteroatoms. The van der Waals surface area contributed by atoms with Gasteiger partial charge in [0.2, 0.25) is 5.91 Å². The van der Waals surface area contributed by atoms with Crippen molar-refractivity contribution in [1.29, 1.82) is 0 Å². The number of hydrogen-bond acceptors (Lipinski definition) is 7. The summed E-state index contributed by atoms with van der Waals surface area (Å²) >= 11 is 0.791. The fraction of sp³-hybridized carbons (Fsp3) is 0.308. The lowest BCUT2D eigenvalue weighted by Gasteiger charge is -2.26. The molecule has 2 aliphatic rings. The van der Waals surface area contributed by atoms with Crippen molar-refractivity contribution in [3.8, 4) is 5.75 Å². The number of hydrogen-bond donors (Lipinski definition) is 1. The van der Waals surface area contributed by atoms with Gasteiger partial charge in [0.1, 0.15) is 12.3 Å². The molecule has 0 unspecified atom stereocenters. The van der Waals surface area contributed by atoms with E-state index in [1.54, 1.807) is 47.4 Å². The number of thioether (sulfide) groups is 1. The van der Waals surface area contributed by atoms with Crippen LogP contribution < -0.4 is 10.1 Å². The molecule has 4 amide bonds. The number of aryl methyl sites for hydroxylation is 1. The van der Waals surface area contributed by atoms with Crippen LogP contribution in [0.2, 0.25) is 0 Å². The number of imide groups is 1. The zero-order valence-electron chi connectivity index (χ0n) is 19.9. The predicted octanol–water partition coefficient (Wildman–Crippen LogP) is 3.16.